The molecule has 6 nitrogen and oxygen atoms in total. The van der Waals surface area contributed by atoms with Gasteiger partial charge in [0.1, 0.15) is 5.82 Å². The first-order valence-electron chi connectivity index (χ1n) is 10.2. The van der Waals surface area contributed by atoms with Gasteiger partial charge < -0.3 is 15.0 Å². The second kappa shape index (κ2) is 10.3. The molecule has 34 heavy (non-hydrogen) atoms. The van der Waals surface area contributed by atoms with Crippen molar-refractivity contribution >= 4 is 39.9 Å². The van der Waals surface area contributed by atoms with Crippen LogP contribution in [0.5, 0.6) is 0 Å². The van der Waals surface area contributed by atoms with Crippen LogP contribution in [0.4, 0.5) is 23.2 Å². The Labute approximate surface area is 195 Å². The topological polar surface area (TPSA) is 88.4 Å². The van der Waals surface area contributed by atoms with Gasteiger partial charge in [-0.15, -0.1) is 0 Å². The second-order valence-corrected chi connectivity index (χ2v) is 7.99. The molecule has 0 saturated heterocycles. The number of amides is 1. The van der Waals surface area contributed by atoms with Gasteiger partial charge in [-0.1, -0.05) is 17.7 Å². The summed E-state index contributed by atoms with van der Waals surface area (Å²) < 4.78 is 53.4. The minimum atomic E-state index is -4.84. The molecule has 2 N–H and O–H groups in total. The molecule has 1 aromatic heterocycles. The van der Waals surface area contributed by atoms with Crippen molar-refractivity contribution in [3.05, 3.63) is 74.9 Å². The Morgan fingerprint density at radius 3 is 2.44 bits per heavy atom. The lowest BCUT2D eigenvalue weighted by Crippen LogP contribution is -2.21. The number of rotatable bonds is 8. The van der Waals surface area contributed by atoms with E-state index in [-0.39, 0.29) is 33.6 Å². The van der Waals surface area contributed by atoms with Crippen LogP contribution in [0.1, 0.15) is 30.4 Å². The molecule has 180 valence electrons. The summed E-state index contributed by atoms with van der Waals surface area (Å²) in [6.45, 7) is 0.311. The first-order chi connectivity index (χ1) is 16.0. The van der Waals surface area contributed by atoms with Gasteiger partial charge in [0, 0.05) is 29.9 Å². The maximum absolute atomic E-state index is 13.8. The summed E-state index contributed by atoms with van der Waals surface area (Å²) in [5.74, 6) is -3.06. The van der Waals surface area contributed by atoms with Crippen LogP contribution in [0.3, 0.4) is 0 Å². The van der Waals surface area contributed by atoms with E-state index in [9.17, 15) is 31.9 Å². The smallest absolute Gasteiger partial charge is 0.419 e. The standard InChI is InChI=1S/C23H19ClF4N2O4/c24-17-7-5-15-14(8-10-30(22(15)34)9-2-1-3-20(32)33)21(17)29-19(31)12-13-4-6-16(18(25)11-13)23(26,27)28/h4-8,10-11H,1-3,9,12H2,(H,29,31)(H,32,33). The molecule has 0 saturated carbocycles. The number of aliphatic carboxylic acids is 1. The Bertz CT molecular complexity index is 1300. The second-order valence-electron chi connectivity index (χ2n) is 7.59. The number of carboxylic acid groups (broad SMARTS) is 1. The van der Waals surface area contributed by atoms with E-state index in [1.807, 2.05) is 0 Å². The van der Waals surface area contributed by atoms with E-state index in [1.54, 1.807) is 6.07 Å². The van der Waals surface area contributed by atoms with Crippen molar-refractivity contribution in [3.63, 3.8) is 0 Å². The number of anilines is 1. The molecule has 11 heteroatoms. The molecule has 0 unspecified atom stereocenters. The van der Waals surface area contributed by atoms with Crippen LogP contribution in [-0.4, -0.2) is 21.6 Å². The van der Waals surface area contributed by atoms with Crippen molar-refractivity contribution in [3.8, 4) is 0 Å². The van der Waals surface area contributed by atoms with Gasteiger partial charge in [0.05, 0.1) is 22.7 Å². The fraction of sp³-hybridized carbons (Fsp3) is 0.261. The Kier molecular flexibility index (Phi) is 7.61. The van der Waals surface area contributed by atoms with Crippen LogP contribution < -0.4 is 10.9 Å². The monoisotopic (exact) mass is 498 g/mol. The minimum absolute atomic E-state index is 0.00302. The van der Waals surface area contributed by atoms with E-state index in [0.717, 1.165) is 6.07 Å². The zero-order valence-electron chi connectivity index (χ0n) is 17.6. The average molecular weight is 499 g/mol. The molecule has 0 aliphatic heterocycles. The van der Waals surface area contributed by atoms with Gasteiger partial charge >= 0.3 is 12.1 Å². The molecule has 3 rings (SSSR count). The van der Waals surface area contributed by atoms with Crippen LogP contribution in [-0.2, 0) is 28.7 Å². The molecule has 0 radical (unpaired) electrons. The first kappa shape index (κ1) is 25.2. The largest absolute Gasteiger partial charge is 0.481 e. The van der Waals surface area contributed by atoms with E-state index in [1.165, 1.54) is 22.9 Å². The number of halogens is 5. The predicted octanol–water partition coefficient (Wildman–Crippen LogP) is 5.25. The van der Waals surface area contributed by atoms with Crippen molar-refractivity contribution in [1.29, 1.82) is 0 Å². The highest BCUT2D eigenvalue weighted by Gasteiger charge is 2.34. The Hall–Kier alpha value is -3.40. The third-order valence-electron chi connectivity index (χ3n) is 5.11. The predicted molar refractivity (Wildman–Crippen MR) is 118 cm³/mol. The maximum Gasteiger partial charge on any atom is 0.419 e. The summed E-state index contributed by atoms with van der Waals surface area (Å²) in [6.07, 6.45) is -2.86. The number of nitrogens with zero attached hydrogens (tertiary/aromatic N) is 1. The number of fused-ring (bicyclic) bond motifs is 1. The van der Waals surface area contributed by atoms with Gasteiger partial charge in [-0.2, -0.15) is 13.2 Å². The average Bonchev–Trinajstić information content (AvgIpc) is 2.73. The molecule has 2 aromatic carbocycles. The summed E-state index contributed by atoms with van der Waals surface area (Å²) in [6, 6.07) is 6.73. The summed E-state index contributed by atoms with van der Waals surface area (Å²) in [4.78, 5) is 35.9. The normalized spacial score (nSPS) is 11.6. The van der Waals surface area contributed by atoms with E-state index in [0.29, 0.717) is 36.9 Å². The van der Waals surface area contributed by atoms with Gasteiger partial charge in [-0.25, -0.2) is 4.39 Å². The Morgan fingerprint density at radius 1 is 1.06 bits per heavy atom. The van der Waals surface area contributed by atoms with Crippen LogP contribution in [0.25, 0.3) is 10.8 Å². The molecule has 0 bridgehead atoms. The van der Waals surface area contributed by atoms with Crippen molar-refractivity contribution in [2.24, 2.45) is 0 Å². The van der Waals surface area contributed by atoms with Gasteiger partial charge in [0.15, 0.2) is 0 Å². The molecule has 0 atom stereocenters. The number of carboxylic acids is 1. The number of hydrogen-bond acceptors (Lipinski definition) is 3. The number of benzene rings is 2. The molecule has 1 amide bonds. The highest BCUT2D eigenvalue weighted by atomic mass is 35.5. The number of aromatic nitrogens is 1. The first-order valence-corrected chi connectivity index (χ1v) is 10.5. The summed E-state index contributed by atoms with van der Waals surface area (Å²) in [5.41, 5.74) is -1.60. The molecule has 0 aliphatic carbocycles. The Balaban J connectivity index is 1.80. The fourth-order valence-electron chi connectivity index (χ4n) is 3.47. The number of alkyl halides is 3. The Morgan fingerprint density at radius 2 is 1.79 bits per heavy atom. The molecule has 0 aliphatic rings. The van der Waals surface area contributed by atoms with E-state index in [4.69, 9.17) is 16.7 Å². The zero-order valence-corrected chi connectivity index (χ0v) is 18.3. The lowest BCUT2D eigenvalue weighted by Gasteiger charge is -2.13. The van der Waals surface area contributed by atoms with Crippen LogP contribution in [0.15, 0.2) is 47.4 Å². The molecule has 1 heterocycles. The van der Waals surface area contributed by atoms with Gasteiger partial charge in [-0.3, -0.25) is 14.4 Å². The number of pyridine rings is 1. The third-order valence-corrected chi connectivity index (χ3v) is 5.43. The molecular formula is C23H19ClF4N2O4. The van der Waals surface area contributed by atoms with Gasteiger partial charge in [-0.05, 0) is 48.7 Å². The highest BCUT2D eigenvalue weighted by Crippen LogP contribution is 2.32. The number of unbranched alkanes of at least 4 members (excludes halogenated alkanes) is 1. The molecule has 0 spiro atoms. The molecule has 3 aromatic rings. The van der Waals surface area contributed by atoms with E-state index in [2.05, 4.69) is 5.32 Å². The highest BCUT2D eigenvalue weighted by molar-refractivity contribution is 6.35. The van der Waals surface area contributed by atoms with Crippen LogP contribution in [0.2, 0.25) is 5.02 Å². The van der Waals surface area contributed by atoms with Crippen molar-refractivity contribution in [1.82, 2.24) is 4.57 Å². The minimum Gasteiger partial charge on any atom is -0.481 e. The number of carbonyl (C=O) groups is 2. The lowest BCUT2D eigenvalue weighted by atomic mass is 10.1. The maximum atomic E-state index is 13.8. The van der Waals surface area contributed by atoms with Crippen molar-refractivity contribution in [2.45, 2.75) is 38.4 Å². The SMILES string of the molecule is O=C(O)CCCCn1ccc2c(NC(=O)Cc3ccc(C(F)(F)F)c(F)c3)c(Cl)ccc2c1=O. The quantitative estimate of drug-likeness (QED) is 0.328. The number of aryl methyl sites for hydroxylation is 1. The molecule has 0 fully saturated rings. The van der Waals surface area contributed by atoms with Crippen molar-refractivity contribution in [2.75, 3.05) is 5.32 Å². The van der Waals surface area contributed by atoms with E-state index < -0.39 is 35.9 Å². The van der Waals surface area contributed by atoms with Gasteiger partial charge in [0.2, 0.25) is 5.91 Å². The number of hydrogen-bond donors (Lipinski definition) is 2. The van der Waals surface area contributed by atoms with E-state index >= 15 is 0 Å². The molecular weight excluding hydrogens is 480 g/mol. The summed E-state index contributed by atoms with van der Waals surface area (Å²) >= 11 is 6.21. The van der Waals surface area contributed by atoms with Gasteiger partial charge in [0.25, 0.3) is 5.56 Å². The van der Waals surface area contributed by atoms with Crippen LogP contribution >= 0.6 is 11.6 Å². The number of carbonyl (C=O) groups excluding carboxylic acids is 1. The van der Waals surface area contributed by atoms with Crippen molar-refractivity contribution < 1.29 is 32.3 Å². The lowest BCUT2D eigenvalue weighted by molar-refractivity contribution is -0.140. The summed E-state index contributed by atoms with van der Waals surface area (Å²) in [7, 11) is 0. The third kappa shape index (κ3) is 5.93. The summed E-state index contributed by atoms with van der Waals surface area (Å²) in [5, 5.41) is 12.0. The van der Waals surface area contributed by atoms with Crippen LogP contribution in [0, 0.1) is 5.82 Å². The fourth-order valence-corrected chi connectivity index (χ4v) is 3.68. The zero-order chi connectivity index (χ0) is 25.0. The number of nitrogens with one attached hydrogen (secondary N) is 1.